The van der Waals surface area contributed by atoms with Gasteiger partial charge in [-0.3, -0.25) is 14.9 Å². The van der Waals surface area contributed by atoms with E-state index in [1.807, 2.05) is 36.1 Å². The molecule has 2 aliphatic heterocycles. The standard InChI is InChI=1S/C17H21N5O3S/c1-10-4-6-11(7-5-10)8-22-13-14(21(3)16(25)20-15(13)24)19-17(22)26-9-12(23)18-2/h4-7,13-14H,8-9H2,1-3H3,(H,18,23)(H,20,24,25). The number of nitrogens with zero attached hydrogens (tertiary/aromatic N) is 3. The number of nitrogens with one attached hydrogen (secondary N) is 2. The van der Waals surface area contributed by atoms with Crippen LogP contribution >= 0.6 is 11.8 Å². The molecule has 4 amide bonds. The van der Waals surface area contributed by atoms with E-state index in [1.165, 1.54) is 16.7 Å². The Kier molecular flexibility index (Phi) is 5.17. The lowest BCUT2D eigenvalue weighted by molar-refractivity contribution is -0.127. The number of aryl methyl sites for hydroxylation is 1. The molecule has 0 radical (unpaired) electrons. The highest BCUT2D eigenvalue weighted by Gasteiger charge is 2.48. The SMILES string of the molecule is CNC(=O)CSC1=NC2C(C(=O)NC(=O)N2C)N1Cc1ccc(C)cc1. The van der Waals surface area contributed by atoms with E-state index in [1.54, 1.807) is 14.1 Å². The van der Waals surface area contributed by atoms with Gasteiger partial charge in [0.1, 0.15) is 0 Å². The second kappa shape index (κ2) is 7.36. The highest BCUT2D eigenvalue weighted by atomic mass is 32.2. The molecule has 1 aromatic rings. The van der Waals surface area contributed by atoms with Crippen molar-refractivity contribution >= 4 is 34.8 Å². The van der Waals surface area contributed by atoms with Gasteiger partial charge in [0.2, 0.25) is 5.91 Å². The van der Waals surface area contributed by atoms with Crippen molar-refractivity contribution in [2.45, 2.75) is 25.7 Å². The molecule has 9 heteroatoms. The van der Waals surface area contributed by atoms with Crippen molar-refractivity contribution in [1.82, 2.24) is 20.4 Å². The Bertz CT molecular complexity index is 764. The van der Waals surface area contributed by atoms with Crippen molar-refractivity contribution in [3.05, 3.63) is 35.4 Å². The van der Waals surface area contributed by atoms with Crippen LogP contribution in [-0.2, 0) is 16.1 Å². The first-order valence-corrected chi connectivity index (χ1v) is 9.20. The average molecular weight is 375 g/mol. The second-order valence-corrected chi connectivity index (χ2v) is 7.19. The summed E-state index contributed by atoms with van der Waals surface area (Å²) in [6, 6.07) is 6.94. The minimum absolute atomic E-state index is 0.128. The maximum Gasteiger partial charge on any atom is 0.325 e. The van der Waals surface area contributed by atoms with Gasteiger partial charge < -0.3 is 15.1 Å². The van der Waals surface area contributed by atoms with Crippen LogP contribution in [0.15, 0.2) is 29.3 Å². The smallest absolute Gasteiger partial charge is 0.325 e. The molecule has 26 heavy (non-hydrogen) atoms. The zero-order chi connectivity index (χ0) is 18.8. The quantitative estimate of drug-likeness (QED) is 0.800. The summed E-state index contributed by atoms with van der Waals surface area (Å²) in [6.07, 6.45) is -0.589. The number of carbonyl (C=O) groups excluding carboxylic acids is 3. The number of rotatable bonds is 4. The Morgan fingerprint density at radius 1 is 1.31 bits per heavy atom. The number of amidine groups is 1. The van der Waals surface area contributed by atoms with E-state index in [0.29, 0.717) is 11.7 Å². The molecule has 0 aliphatic carbocycles. The van der Waals surface area contributed by atoms with Crippen LogP contribution in [0.1, 0.15) is 11.1 Å². The van der Waals surface area contributed by atoms with Gasteiger partial charge in [-0.15, -0.1) is 0 Å². The summed E-state index contributed by atoms with van der Waals surface area (Å²) in [4.78, 5) is 43.8. The summed E-state index contributed by atoms with van der Waals surface area (Å²) in [6.45, 7) is 2.48. The average Bonchev–Trinajstić information content (AvgIpc) is 2.98. The van der Waals surface area contributed by atoms with Crippen LogP contribution in [0.4, 0.5) is 4.79 Å². The molecular formula is C17H21N5O3S. The van der Waals surface area contributed by atoms with Crippen molar-refractivity contribution in [3.63, 3.8) is 0 Å². The Hall–Kier alpha value is -2.55. The molecule has 0 bridgehead atoms. The molecule has 2 heterocycles. The van der Waals surface area contributed by atoms with Gasteiger partial charge >= 0.3 is 6.03 Å². The molecule has 2 N–H and O–H groups in total. The molecule has 1 aromatic carbocycles. The summed E-state index contributed by atoms with van der Waals surface area (Å²) < 4.78 is 0. The number of amides is 4. The summed E-state index contributed by atoms with van der Waals surface area (Å²) >= 11 is 1.26. The maximum absolute atomic E-state index is 12.5. The van der Waals surface area contributed by atoms with Gasteiger partial charge in [-0.05, 0) is 12.5 Å². The van der Waals surface area contributed by atoms with Gasteiger partial charge in [0.15, 0.2) is 17.4 Å². The minimum atomic E-state index is -0.605. The van der Waals surface area contributed by atoms with Crippen LogP contribution in [0.5, 0.6) is 0 Å². The lowest BCUT2D eigenvalue weighted by Gasteiger charge is -2.36. The second-order valence-electron chi connectivity index (χ2n) is 6.25. The van der Waals surface area contributed by atoms with Gasteiger partial charge in [0.25, 0.3) is 5.91 Å². The van der Waals surface area contributed by atoms with E-state index >= 15 is 0 Å². The fourth-order valence-corrected chi connectivity index (χ4v) is 3.81. The normalized spacial score (nSPS) is 22.0. The molecule has 138 valence electrons. The molecule has 8 nitrogen and oxygen atoms in total. The zero-order valence-electron chi connectivity index (χ0n) is 14.9. The van der Waals surface area contributed by atoms with Crippen molar-refractivity contribution in [2.24, 2.45) is 4.99 Å². The monoisotopic (exact) mass is 375 g/mol. The first-order chi connectivity index (χ1) is 12.4. The number of hydrogen-bond donors (Lipinski definition) is 2. The number of imide groups is 1. The molecule has 0 saturated carbocycles. The Morgan fingerprint density at radius 3 is 2.65 bits per heavy atom. The Morgan fingerprint density at radius 2 is 2.00 bits per heavy atom. The molecule has 2 unspecified atom stereocenters. The molecule has 1 saturated heterocycles. The topological polar surface area (TPSA) is 94.1 Å². The van der Waals surface area contributed by atoms with Gasteiger partial charge in [0.05, 0.1) is 5.75 Å². The van der Waals surface area contributed by atoms with Crippen molar-refractivity contribution < 1.29 is 14.4 Å². The van der Waals surface area contributed by atoms with Crippen LogP contribution in [0.3, 0.4) is 0 Å². The molecule has 3 rings (SSSR count). The number of carbonyl (C=O) groups is 3. The molecule has 2 aliphatic rings. The number of aliphatic imine (C=N–C) groups is 1. The molecule has 0 aromatic heterocycles. The summed E-state index contributed by atoms with van der Waals surface area (Å²) in [7, 11) is 3.18. The largest absolute Gasteiger partial charge is 0.358 e. The van der Waals surface area contributed by atoms with E-state index < -0.39 is 18.2 Å². The van der Waals surface area contributed by atoms with Crippen LogP contribution in [0.2, 0.25) is 0 Å². The zero-order valence-corrected chi connectivity index (χ0v) is 15.7. The van der Waals surface area contributed by atoms with E-state index in [4.69, 9.17) is 0 Å². The highest BCUT2D eigenvalue weighted by Crippen LogP contribution is 2.30. The van der Waals surface area contributed by atoms with E-state index in [9.17, 15) is 14.4 Å². The first kappa shape index (κ1) is 18.2. The molecular weight excluding hydrogens is 354 g/mol. The molecule has 0 spiro atoms. The van der Waals surface area contributed by atoms with Crippen molar-refractivity contribution in [2.75, 3.05) is 19.8 Å². The van der Waals surface area contributed by atoms with E-state index in [2.05, 4.69) is 15.6 Å². The summed E-state index contributed by atoms with van der Waals surface area (Å²) in [5.41, 5.74) is 2.17. The van der Waals surface area contributed by atoms with E-state index in [0.717, 1.165) is 11.1 Å². The first-order valence-electron chi connectivity index (χ1n) is 8.21. The fraction of sp³-hybridized carbons (Fsp3) is 0.412. The summed E-state index contributed by atoms with van der Waals surface area (Å²) in [5, 5.41) is 5.52. The number of likely N-dealkylation sites (N-methyl/N-ethyl adjacent to an activating group) is 1. The minimum Gasteiger partial charge on any atom is -0.358 e. The van der Waals surface area contributed by atoms with Gasteiger partial charge in [-0.2, -0.15) is 0 Å². The third-order valence-corrected chi connectivity index (χ3v) is 5.41. The number of thioether (sulfide) groups is 1. The lowest BCUT2D eigenvalue weighted by Crippen LogP contribution is -2.63. The number of hydrogen-bond acceptors (Lipinski definition) is 6. The summed E-state index contributed by atoms with van der Waals surface area (Å²) in [5.74, 6) is -0.306. The predicted octanol–water partition coefficient (Wildman–Crippen LogP) is 0.522. The third-order valence-electron chi connectivity index (χ3n) is 4.41. The third kappa shape index (κ3) is 3.52. The Labute approximate surface area is 156 Å². The van der Waals surface area contributed by atoms with E-state index in [-0.39, 0.29) is 17.6 Å². The maximum atomic E-state index is 12.5. The van der Waals surface area contributed by atoms with Crippen molar-refractivity contribution in [3.8, 4) is 0 Å². The fourth-order valence-electron chi connectivity index (χ4n) is 2.88. The predicted molar refractivity (Wildman–Crippen MR) is 99.6 cm³/mol. The van der Waals surface area contributed by atoms with Crippen molar-refractivity contribution in [1.29, 1.82) is 0 Å². The van der Waals surface area contributed by atoms with Crippen LogP contribution in [0.25, 0.3) is 0 Å². The van der Waals surface area contributed by atoms with Gasteiger partial charge in [-0.25, -0.2) is 9.79 Å². The van der Waals surface area contributed by atoms with Gasteiger partial charge in [-0.1, -0.05) is 41.6 Å². The Balaban J connectivity index is 1.87. The lowest BCUT2D eigenvalue weighted by atomic mass is 10.1. The number of fused-ring (bicyclic) bond motifs is 1. The van der Waals surface area contributed by atoms with Crippen LogP contribution in [0, 0.1) is 6.92 Å². The number of urea groups is 1. The number of benzene rings is 1. The molecule has 1 fully saturated rings. The molecule has 2 atom stereocenters. The van der Waals surface area contributed by atoms with Crippen LogP contribution in [-0.4, -0.2) is 64.9 Å². The van der Waals surface area contributed by atoms with Crippen LogP contribution < -0.4 is 10.6 Å². The van der Waals surface area contributed by atoms with Gasteiger partial charge in [0, 0.05) is 20.6 Å². The highest BCUT2D eigenvalue weighted by molar-refractivity contribution is 8.14.